The summed E-state index contributed by atoms with van der Waals surface area (Å²) in [7, 11) is 0. The third-order valence-corrected chi connectivity index (χ3v) is 4.02. The average Bonchev–Trinajstić information content (AvgIpc) is 2.68. The van der Waals surface area contributed by atoms with Crippen molar-refractivity contribution in [2.45, 2.75) is 44.9 Å². The van der Waals surface area contributed by atoms with Crippen LogP contribution in [0.1, 0.15) is 34.1 Å². The fourth-order valence-electron chi connectivity index (χ4n) is 1.90. The predicted octanol–water partition coefficient (Wildman–Crippen LogP) is 1.73. The van der Waals surface area contributed by atoms with Gasteiger partial charge in [0, 0.05) is 23.9 Å². The molecule has 1 saturated heterocycles. The monoisotopic (exact) mass is 244 g/mol. The lowest BCUT2D eigenvalue weighted by molar-refractivity contribution is -0.130. The number of hydrogen-bond donors (Lipinski definition) is 1. The Kier molecular flexibility index (Phi) is 5.12. The van der Waals surface area contributed by atoms with E-state index in [4.69, 9.17) is 0 Å². The zero-order valence-electron chi connectivity index (χ0n) is 10.9. The molecule has 1 atom stereocenters. The van der Waals surface area contributed by atoms with E-state index in [9.17, 15) is 4.79 Å². The molecule has 1 N–H and O–H groups in total. The third-order valence-electron chi connectivity index (χ3n) is 2.76. The van der Waals surface area contributed by atoms with Gasteiger partial charge < -0.3 is 10.2 Å². The summed E-state index contributed by atoms with van der Waals surface area (Å²) in [6, 6.07) is 0.415. The second-order valence-corrected chi connectivity index (χ2v) is 7.03. The molecule has 4 heteroatoms. The zero-order chi connectivity index (χ0) is 12.2. The van der Waals surface area contributed by atoms with E-state index >= 15 is 0 Å². The van der Waals surface area contributed by atoms with E-state index in [2.05, 4.69) is 33.0 Å². The highest BCUT2D eigenvalue weighted by molar-refractivity contribution is 8.01. The van der Waals surface area contributed by atoms with Crippen molar-refractivity contribution in [1.29, 1.82) is 0 Å². The van der Waals surface area contributed by atoms with Crippen LogP contribution in [0.15, 0.2) is 0 Å². The summed E-state index contributed by atoms with van der Waals surface area (Å²) in [5.74, 6) is 0.893. The summed E-state index contributed by atoms with van der Waals surface area (Å²) in [6.07, 6.45) is 1.10. The van der Waals surface area contributed by atoms with Gasteiger partial charge in [0.2, 0.25) is 5.91 Å². The van der Waals surface area contributed by atoms with Crippen molar-refractivity contribution < 1.29 is 4.79 Å². The molecule has 1 aliphatic rings. The minimum atomic E-state index is 0.170. The predicted molar refractivity (Wildman–Crippen MR) is 70.9 cm³/mol. The van der Waals surface area contributed by atoms with E-state index < -0.39 is 0 Å². The molecular formula is C12H24N2OS. The van der Waals surface area contributed by atoms with Crippen LogP contribution in [-0.4, -0.2) is 47.0 Å². The van der Waals surface area contributed by atoms with Crippen molar-refractivity contribution in [3.63, 3.8) is 0 Å². The molecule has 1 heterocycles. The number of rotatable bonds is 4. The first-order valence-corrected chi connectivity index (χ1v) is 7.06. The van der Waals surface area contributed by atoms with Gasteiger partial charge in [0.1, 0.15) is 0 Å². The molecule has 0 aromatic carbocycles. The van der Waals surface area contributed by atoms with Crippen LogP contribution in [0.25, 0.3) is 0 Å². The summed E-state index contributed by atoms with van der Waals surface area (Å²) in [6.45, 7) is 11.4. The third kappa shape index (κ3) is 4.34. The topological polar surface area (TPSA) is 32.3 Å². The first-order chi connectivity index (χ1) is 7.44. The molecular weight excluding hydrogens is 220 g/mol. The largest absolute Gasteiger partial charge is 0.338 e. The maximum Gasteiger partial charge on any atom is 0.232 e. The van der Waals surface area contributed by atoms with Crippen molar-refractivity contribution in [2.75, 3.05) is 25.4 Å². The molecule has 0 saturated carbocycles. The summed E-state index contributed by atoms with van der Waals surface area (Å²) in [5.41, 5.74) is 0. The van der Waals surface area contributed by atoms with Crippen molar-refractivity contribution in [2.24, 2.45) is 0 Å². The van der Waals surface area contributed by atoms with Crippen molar-refractivity contribution in [3.05, 3.63) is 0 Å². The van der Waals surface area contributed by atoms with Gasteiger partial charge in [0.05, 0.1) is 5.75 Å². The van der Waals surface area contributed by atoms with Gasteiger partial charge in [0.25, 0.3) is 0 Å². The molecule has 1 amide bonds. The Bertz CT molecular complexity index is 232. The molecule has 1 unspecified atom stereocenters. The minimum absolute atomic E-state index is 0.170. The second-order valence-electron chi connectivity index (χ2n) is 5.23. The van der Waals surface area contributed by atoms with Crippen LogP contribution in [0.3, 0.4) is 0 Å². The van der Waals surface area contributed by atoms with Crippen molar-refractivity contribution in [3.8, 4) is 0 Å². The van der Waals surface area contributed by atoms with Gasteiger partial charge in [-0.15, -0.1) is 11.8 Å². The Balaban J connectivity index is 2.43. The normalized spacial score (nSPS) is 21.1. The Morgan fingerprint density at radius 2 is 2.19 bits per heavy atom. The van der Waals surface area contributed by atoms with E-state index in [0.717, 1.165) is 26.1 Å². The maximum absolute atomic E-state index is 12.1. The van der Waals surface area contributed by atoms with Gasteiger partial charge >= 0.3 is 0 Å². The molecule has 0 spiro atoms. The molecule has 16 heavy (non-hydrogen) atoms. The van der Waals surface area contributed by atoms with Gasteiger partial charge in [-0.25, -0.2) is 0 Å². The first-order valence-electron chi connectivity index (χ1n) is 6.08. The SMILES string of the molecule is CCN(C(=O)CSC(C)(C)C)C1CCNC1. The van der Waals surface area contributed by atoms with Crippen LogP contribution >= 0.6 is 11.8 Å². The Morgan fingerprint density at radius 3 is 2.62 bits per heavy atom. The average molecular weight is 244 g/mol. The number of hydrogen-bond acceptors (Lipinski definition) is 3. The highest BCUT2D eigenvalue weighted by Gasteiger charge is 2.25. The van der Waals surface area contributed by atoms with Gasteiger partial charge in [-0.05, 0) is 19.9 Å². The van der Waals surface area contributed by atoms with Gasteiger partial charge in [0.15, 0.2) is 0 Å². The lowest BCUT2D eigenvalue weighted by Gasteiger charge is -2.28. The summed E-state index contributed by atoms with van der Waals surface area (Å²) >= 11 is 1.73. The number of carbonyl (C=O) groups is 1. The summed E-state index contributed by atoms with van der Waals surface area (Å²) < 4.78 is 0.170. The van der Waals surface area contributed by atoms with Crippen LogP contribution in [0.2, 0.25) is 0 Å². The van der Waals surface area contributed by atoms with Crippen LogP contribution in [0, 0.1) is 0 Å². The Hall–Kier alpha value is -0.220. The van der Waals surface area contributed by atoms with Crippen LogP contribution in [0.5, 0.6) is 0 Å². The number of nitrogens with one attached hydrogen (secondary N) is 1. The molecule has 1 fully saturated rings. The summed E-state index contributed by atoms with van der Waals surface area (Å²) in [5, 5.41) is 3.31. The van der Waals surface area contributed by atoms with E-state index in [-0.39, 0.29) is 10.7 Å². The van der Waals surface area contributed by atoms with Crippen LogP contribution < -0.4 is 5.32 Å². The fraction of sp³-hybridized carbons (Fsp3) is 0.917. The first kappa shape index (κ1) is 13.8. The second kappa shape index (κ2) is 5.92. The highest BCUT2D eigenvalue weighted by atomic mass is 32.2. The van der Waals surface area contributed by atoms with E-state index in [1.165, 1.54) is 0 Å². The van der Waals surface area contributed by atoms with Gasteiger partial charge in [-0.1, -0.05) is 20.8 Å². The number of thioether (sulfide) groups is 1. The number of likely N-dealkylation sites (N-methyl/N-ethyl adjacent to an activating group) is 1. The quantitative estimate of drug-likeness (QED) is 0.817. The molecule has 0 bridgehead atoms. The van der Waals surface area contributed by atoms with Gasteiger partial charge in [-0.3, -0.25) is 4.79 Å². The lowest BCUT2D eigenvalue weighted by Crippen LogP contribution is -2.42. The molecule has 0 aromatic rings. The molecule has 94 valence electrons. The van der Waals surface area contributed by atoms with Gasteiger partial charge in [-0.2, -0.15) is 0 Å². The number of nitrogens with zero attached hydrogens (tertiary/aromatic N) is 1. The zero-order valence-corrected chi connectivity index (χ0v) is 11.7. The fourth-order valence-corrected chi connectivity index (χ4v) is 2.63. The molecule has 3 nitrogen and oxygen atoms in total. The standard InChI is InChI=1S/C12H24N2OS/c1-5-14(10-6-7-13-8-10)11(15)9-16-12(2,3)4/h10,13H,5-9H2,1-4H3. The molecule has 1 rings (SSSR count). The Morgan fingerprint density at radius 1 is 1.50 bits per heavy atom. The van der Waals surface area contributed by atoms with Crippen molar-refractivity contribution in [1.82, 2.24) is 10.2 Å². The van der Waals surface area contributed by atoms with Crippen LogP contribution in [-0.2, 0) is 4.79 Å². The minimum Gasteiger partial charge on any atom is -0.338 e. The molecule has 1 aliphatic heterocycles. The highest BCUT2D eigenvalue weighted by Crippen LogP contribution is 2.23. The summed E-state index contributed by atoms with van der Waals surface area (Å²) in [4.78, 5) is 14.1. The van der Waals surface area contributed by atoms with E-state index in [1.54, 1.807) is 11.8 Å². The molecule has 0 aliphatic carbocycles. The maximum atomic E-state index is 12.1. The van der Waals surface area contributed by atoms with Crippen molar-refractivity contribution >= 4 is 17.7 Å². The number of carbonyl (C=O) groups excluding carboxylic acids is 1. The molecule has 0 radical (unpaired) electrons. The number of amides is 1. The van der Waals surface area contributed by atoms with E-state index in [1.807, 2.05) is 4.90 Å². The van der Waals surface area contributed by atoms with Crippen LogP contribution in [0.4, 0.5) is 0 Å². The Labute approximate surface area is 103 Å². The lowest BCUT2D eigenvalue weighted by atomic mass is 10.2. The smallest absolute Gasteiger partial charge is 0.232 e. The molecule has 0 aromatic heterocycles. The van der Waals surface area contributed by atoms with E-state index in [0.29, 0.717) is 11.8 Å².